The molecule has 6 nitrogen and oxygen atoms in total. The van der Waals surface area contributed by atoms with Crippen LogP contribution >= 0.6 is 0 Å². The molecule has 1 saturated heterocycles. The fourth-order valence-corrected chi connectivity index (χ4v) is 2.92. The first-order valence-electron chi connectivity index (χ1n) is 9.24. The molecule has 2 aromatic rings. The Labute approximate surface area is 170 Å². The summed E-state index contributed by atoms with van der Waals surface area (Å²) < 4.78 is 42.9. The van der Waals surface area contributed by atoms with Gasteiger partial charge in [-0.2, -0.15) is 13.2 Å². The Morgan fingerprint density at radius 3 is 2.13 bits per heavy atom. The Hall–Kier alpha value is -3.36. The third kappa shape index (κ3) is 5.37. The van der Waals surface area contributed by atoms with Gasteiger partial charge in [0.05, 0.1) is 18.7 Å². The highest BCUT2D eigenvalue weighted by Gasteiger charge is 2.30. The average molecular weight is 420 g/mol. The molecule has 1 fully saturated rings. The van der Waals surface area contributed by atoms with Crippen LogP contribution in [0.3, 0.4) is 0 Å². The van der Waals surface area contributed by atoms with Gasteiger partial charge in [0.15, 0.2) is 0 Å². The number of halogens is 3. The van der Waals surface area contributed by atoms with Crippen molar-refractivity contribution in [3.63, 3.8) is 0 Å². The molecule has 30 heavy (non-hydrogen) atoms. The minimum absolute atomic E-state index is 0.0916. The van der Waals surface area contributed by atoms with Crippen LogP contribution in [0.2, 0.25) is 0 Å². The van der Waals surface area contributed by atoms with E-state index in [2.05, 4.69) is 5.32 Å². The van der Waals surface area contributed by atoms with E-state index in [-0.39, 0.29) is 56.0 Å². The molecule has 0 radical (unpaired) electrons. The number of hydrogen-bond donors (Lipinski definition) is 1. The smallest absolute Gasteiger partial charge is 0.416 e. The zero-order valence-electron chi connectivity index (χ0n) is 15.9. The molecule has 1 heterocycles. The third-order valence-electron chi connectivity index (χ3n) is 4.55. The van der Waals surface area contributed by atoms with Crippen molar-refractivity contribution in [2.45, 2.75) is 25.6 Å². The maximum Gasteiger partial charge on any atom is 0.416 e. The molecule has 9 heteroatoms. The molecule has 0 aliphatic carbocycles. The van der Waals surface area contributed by atoms with Crippen LogP contribution in [-0.2, 0) is 22.3 Å². The molecule has 0 atom stereocenters. The molecule has 3 amide bonds. The monoisotopic (exact) mass is 420 g/mol. The number of amides is 3. The van der Waals surface area contributed by atoms with E-state index in [1.54, 1.807) is 24.3 Å². The van der Waals surface area contributed by atoms with E-state index in [0.717, 1.165) is 17.7 Å². The fraction of sp³-hybridized carbons (Fsp3) is 0.286. The predicted molar refractivity (Wildman–Crippen MR) is 101 cm³/mol. The first kappa shape index (κ1) is 21.4. The number of ether oxygens (including phenoxy) is 1. The van der Waals surface area contributed by atoms with Gasteiger partial charge in [-0.05, 0) is 42.0 Å². The highest BCUT2D eigenvalue weighted by molar-refractivity contribution is 6.01. The summed E-state index contributed by atoms with van der Waals surface area (Å²) in [4.78, 5) is 36.7. The van der Waals surface area contributed by atoms with Crippen molar-refractivity contribution in [3.05, 3.63) is 65.2 Å². The van der Waals surface area contributed by atoms with Crippen LogP contribution in [-0.4, -0.2) is 35.8 Å². The number of carbonyl (C=O) groups excluding carboxylic acids is 3. The largest absolute Gasteiger partial charge is 0.492 e. The van der Waals surface area contributed by atoms with Gasteiger partial charge < -0.3 is 10.1 Å². The minimum Gasteiger partial charge on any atom is -0.492 e. The van der Waals surface area contributed by atoms with Crippen LogP contribution < -0.4 is 10.1 Å². The fourth-order valence-electron chi connectivity index (χ4n) is 2.92. The number of hydrogen-bond acceptors (Lipinski definition) is 4. The molecule has 0 unspecified atom stereocenters. The van der Waals surface area contributed by atoms with Crippen LogP contribution in [0.1, 0.15) is 34.3 Å². The van der Waals surface area contributed by atoms with Crippen LogP contribution in [0.15, 0.2) is 48.5 Å². The van der Waals surface area contributed by atoms with Crippen LogP contribution in [0.4, 0.5) is 13.2 Å². The normalized spacial score (nSPS) is 14.2. The molecule has 1 aliphatic heterocycles. The minimum atomic E-state index is -4.40. The number of imide groups is 1. The van der Waals surface area contributed by atoms with E-state index in [0.29, 0.717) is 5.56 Å². The molecule has 0 aromatic heterocycles. The van der Waals surface area contributed by atoms with Gasteiger partial charge >= 0.3 is 6.18 Å². The number of nitrogens with one attached hydrogen (secondary N) is 1. The summed E-state index contributed by atoms with van der Waals surface area (Å²) >= 11 is 0. The van der Waals surface area contributed by atoms with Crippen molar-refractivity contribution in [1.82, 2.24) is 10.2 Å². The standard InChI is InChI=1S/C21H19F3N2O4/c22-21(23,24)16-5-7-17(8-6-16)30-12-11-25-20(29)15-3-1-14(2-4-15)13-26-18(27)9-10-19(26)28/h1-8H,9-13H2,(H,25,29). The summed E-state index contributed by atoms with van der Waals surface area (Å²) in [5.41, 5.74) is 0.373. The van der Waals surface area contributed by atoms with Gasteiger partial charge in [0.1, 0.15) is 12.4 Å². The Kier molecular flexibility index (Phi) is 6.39. The second-order valence-corrected chi connectivity index (χ2v) is 6.70. The summed E-state index contributed by atoms with van der Waals surface area (Å²) in [6.07, 6.45) is -3.94. The second kappa shape index (κ2) is 8.98. The van der Waals surface area contributed by atoms with Gasteiger partial charge in [0.2, 0.25) is 11.8 Å². The van der Waals surface area contributed by atoms with Crippen LogP contribution in [0.25, 0.3) is 0 Å². The summed E-state index contributed by atoms with van der Waals surface area (Å²) in [5.74, 6) is -0.469. The number of rotatable bonds is 7. The molecule has 1 aliphatic rings. The molecule has 3 rings (SSSR count). The van der Waals surface area contributed by atoms with Crippen molar-refractivity contribution in [1.29, 1.82) is 0 Å². The number of nitrogens with zero attached hydrogens (tertiary/aromatic N) is 1. The quantitative estimate of drug-likeness (QED) is 0.552. The second-order valence-electron chi connectivity index (χ2n) is 6.70. The number of alkyl halides is 3. The van der Waals surface area contributed by atoms with Crippen molar-refractivity contribution in [2.75, 3.05) is 13.2 Å². The van der Waals surface area contributed by atoms with E-state index < -0.39 is 11.7 Å². The lowest BCUT2D eigenvalue weighted by Crippen LogP contribution is -2.29. The maximum atomic E-state index is 12.5. The van der Waals surface area contributed by atoms with E-state index in [9.17, 15) is 27.6 Å². The Morgan fingerprint density at radius 2 is 1.57 bits per heavy atom. The molecule has 1 N–H and O–H groups in total. The SMILES string of the molecule is O=C(NCCOc1ccc(C(F)(F)F)cc1)c1ccc(CN2C(=O)CCC2=O)cc1. The third-order valence-corrected chi connectivity index (χ3v) is 4.55. The molecule has 0 bridgehead atoms. The van der Waals surface area contributed by atoms with Crippen LogP contribution in [0.5, 0.6) is 5.75 Å². The summed E-state index contributed by atoms with van der Waals surface area (Å²) in [6, 6.07) is 10.8. The van der Waals surface area contributed by atoms with Crippen molar-refractivity contribution in [3.8, 4) is 5.75 Å². The molecule has 0 saturated carbocycles. The van der Waals surface area contributed by atoms with E-state index in [1.165, 1.54) is 17.0 Å². The topological polar surface area (TPSA) is 75.7 Å². The highest BCUT2D eigenvalue weighted by atomic mass is 19.4. The van der Waals surface area contributed by atoms with E-state index >= 15 is 0 Å². The van der Waals surface area contributed by atoms with Gasteiger partial charge in [-0.1, -0.05) is 12.1 Å². The molecular weight excluding hydrogens is 401 g/mol. The molecule has 2 aromatic carbocycles. The van der Waals surface area contributed by atoms with Gasteiger partial charge in [-0.3, -0.25) is 19.3 Å². The van der Waals surface area contributed by atoms with Gasteiger partial charge in [-0.15, -0.1) is 0 Å². The van der Waals surface area contributed by atoms with Gasteiger partial charge in [0.25, 0.3) is 5.91 Å². The lowest BCUT2D eigenvalue weighted by molar-refractivity contribution is -0.139. The lowest BCUT2D eigenvalue weighted by Gasteiger charge is -2.14. The Balaban J connectivity index is 1.43. The Bertz CT molecular complexity index is 909. The summed E-state index contributed by atoms with van der Waals surface area (Å²) in [6.45, 7) is 0.438. The van der Waals surface area contributed by atoms with Crippen molar-refractivity contribution >= 4 is 17.7 Å². The number of benzene rings is 2. The average Bonchev–Trinajstić information content (AvgIpc) is 3.03. The predicted octanol–water partition coefficient (Wildman–Crippen LogP) is 3.16. The lowest BCUT2D eigenvalue weighted by atomic mass is 10.1. The van der Waals surface area contributed by atoms with Crippen molar-refractivity contribution in [2.24, 2.45) is 0 Å². The summed E-state index contributed by atoms with van der Waals surface area (Å²) in [7, 11) is 0. The molecule has 158 valence electrons. The van der Waals surface area contributed by atoms with E-state index in [1.807, 2.05) is 0 Å². The van der Waals surface area contributed by atoms with E-state index in [4.69, 9.17) is 4.74 Å². The first-order chi connectivity index (χ1) is 14.2. The maximum absolute atomic E-state index is 12.5. The van der Waals surface area contributed by atoms with Gasteiger partial charge in [0, 0.05) is 18.4 Å². The molecule has 0 spiro atoms. The zero-order chi connectivity index (χ0) is 21.7. The Morgan fingerprint density at radius 1 is 0.967 bits per heavy atom. The van der Waals surface area contributed by atoms with Crippen LogP contribution in [0, 0.1) is 0 Å². The number of likely N-dealkylation sites (tertiary alicyclic amines) is 1. The van der Waals surface area contributed by atoms with Gasteiger partial charge in [-0.25, -0.2) is 0 Å². The summed E-state index contributed by atoms with van der Waals surface area (Å²) in [5, 5.41) is 2.65. The zero-order valence-corrected chi connectivity index (χ0v) is 15.9. The molecular formula is C21H19F3N2O4. The highest BCUT2D eigenvalue weighted by Crippen LogP contribution is 2.30. The first-order valence-corrected chi connectivity index (χ1v) is 9.24. The number of carbonyl (C=O) groups is 3. The van der Waals surface area contributed by atoms with Crippen molar-refractivity contribution < 1.29 is 32.3 Å².